The maximum atomic E-state index is 11.3. The lowest BCUT2D eigenvalue weighted by Crippen LogP contribution is -2.59. The van der Waals surface area contributed by atoms with E-state index >= 15 is 0 Å². The van der Waals surface area contributed by atoms with Crippen LogP contribution in [-0.2, 0) is 4.79 Å². The van der Waals surface area contributed by atoms with E-state index in [4.69, 9.17) is 0 Å². The Kier molecular flexibility index (Phi) is 3.10. The number of likely N-dealkylation sites (N-methyl/N-ethyl adjacent to an activating group) is 1. The molecule has 0 aromatic heterocycles. The van der Waals surface area contributed by atoms with Crippen LogP contribution >= 0.6 is 0 Å². The van der Waals surface area contributed by atoms with E-state index in [1.54, 1.807) is 0 Å². The Labute approximate surface area is 109 Å². The van der Waals surface area contributed by atoms with Crippen LogP contribution in [0.5, 0.6) is 0 Å². The molecule has 0 bridgehead atoms. The van der Waals surface area contributed by atoms with Gasteiger partial charge in [0.2, 0.25) is 0 Å². The Morgan fingerprint density at radius 2 is 1.61 bits per heavy atom. The fraction of sp³-hybridized carbons (Fsp3) is 0.929. The molecule has 0 unspecified atom stereocenters. The second-order valence-corrected chi connectivity index (χ2v) is 6.40. The summed E-state index contributed by atoms with van der Waals surface area (Å²) in [7, 11) is 2.16. The molecule has 1 N–H and O–H groups in total. The van der Waals surface area contributed by atoms with Gasteiger partial charge in [-0.2, -0.15) is 0 Å². The molecule has 2 saturated carbocycles. The van der Waals surface area contributed by atoms with Crippen molar-refractivity contribution in [2.24, 2.45) is 11.8 Å². The zero-order valence-electron chi connectivity index (χ0n) is 11.3. The minimum atomic E-state index is -0.604. The molecular weight excluding hydrogens is 228 g/mol. The van der Waals surface area contributed by atoms with Gasteiger partial charge in [-0.05, 0) is 44.6 Å². The van der Waals surface area contributed by atoms with Crippen LogP contribution in [0.15, 0.2) is 0 Å². The van der Waals surface area contributed by atoms with Crippen molar-refractivity contribution in [3.05, 3.63) is 0 Å². The van der Waals surface area contributed by atoms with Crippen LogP contribution in [0.25, 0.3) is 0 Å². The summed E-state index contributed by atoms with van der Waals surface area (Å²) in [6.07, 6.45) is 5.35. The molecular formula is C14H24N2O2. The van der Waals surface area contributed by atoms with E-state index in [2.05, 4.69) is 16.8 Å². The van der Waals surface area contributed by atoms with Crippen LogP contribution in [0.4, 0.5) is 0 Å². The number of piperazine rings is 1. The van der Waals surface area contributed by atoms with E-state index < -0.39 is 5.97 Å². The van der Waals surface area contributed by atoms with Crippen LogP contribution in [0.2, 0.25) is 0 Å². The zero-order chi connectivity index (χ0) is 12.8. The standard InChI is InChI=1S/C14H24N2O2/c1-15-6-8-16(9-7-15)14(10-13(17)18,11-2-3-11)12-4-5-12/h11-12H,2-10H2,1H3,(H,17,18). The summed E-state index contributed by atoms with van der Waals surface area (Å²) in [4.78, 5) is 16.2. The molecule has 3 aliphatic rings. The summed E-state index contributed by atoms with van der Waals surface area (Å²) in [6, 6.07) is 0. The third kappa shape index (κ3) is 2.16. The number of carbonyl (C=O) groups is 1. The lowest BCUT2D eigenvalue weighted by Gasteiger charge is -2.48. The van der Waals surface area contributed by atoms with Gasteiger partial charge in [0.05, 0.1) is 6.42 Å². The quantitative estimate of drug-likeness (QED) is 0.800. The van der Waals surface area contributed by atoms with Crippen molar-refractivity contribution in [3.63, 3.8) is 0 Å². The van der Waals surface area contributed by atoms with Gasteiger partial charge in [-0.1, -0.05) is 0 Å². The maximum Gasteiger partial charge on any atom is 0.305 e. The average Bonchev–Trinajstić information content (AvgIpc) is 3.16. The minimum absolute atomic E-state index is 0.00704. The fourth-order valence-electron chi connectivity index (χ4n) is 3.88. The first-order chi connectivity index (χ1) is 8.63. The number of hydrogen-bond acceptors (Lipinski definition) is 3. The van der Waals surface area contributed by atoms with Crippen molar-refractivity contribution in [3.8, 4) is 0 Å². The first-order valence-electron chi connectivity index (χ1n) is 7.28. The summed E-state index contributed by atoms with van der Waals surface area (Å²) in [5, 5.41) is 9.35. The van der Waals surface area contributed by atoms with Crippen molar-refractivity contribution in [1.29, 1.82) is 0 Å². The number of aliphatic carboxylic acids is 1. The van der Waals surface area contributed by atoms with E-state index in [9.17, 15) is 9.90 Å². The largest absolute Gasteiger partial charge is 0.481 e. The van der Waals surface area contributed by atoms with Gasteiger partial charge in [0, 0.05) is 31.7 Å². The summed E-state index contributed by atoms with van der Waals surface area (Å²) in [5.74, 6) is 0.710. The Bertz CT molecular complexity index is 317. The summed E-state index contributed by atoms with van der Waals surface area (Å²) in [6.45, 7) is 4.27. The van der Waals surface area contributed by atoms with Crippen LogP contribution in [0.1, 0.15) is 32.1 Å². The summed E-state index contributed by atoms with van der Waals surface area (Å²) in [5.41, 5.74) is 0.00704. The van der Waals surface area contributed by atoms with Crippen molar-refractivity contribution in [2.75, 3.05) is 33.2 Å². The molecule has 0 spiro atoms. The van der Waals surface area contributed by atoms with Gasteiger partial charge in [0.15, 0.2) is 0 Å². The van der Waals surface area contributed by atoms with Gasteiger partial charge in [-0.3, -0.25) is 9.69 Å². The SMILES string of the molecule is CN1CCN(C(CC(=O)O)(C2CC2)C2CC2)CC1. The second kappa shape index (κ2) is 4.49. The van der Waals surface area contributed by atoms with E-state index in [0.29, 0.717) is 18.3 Å². The topological polar surface area (TPSA) is 43.8 Å². The summed E-state index contributed by atoms with van der Waals surface area (Å²) < 4.78 is 0. The maximum absolute atomic E-state index is 11.3. The van der Waals surface area contributed by atoms with Crippen molar-refractivity contribution in [1.82, 2.24) is 9.80 Å². The smallest absolute Gasteiger partial charge is 0.305 e. The molecule has 102 valence electrons. The first-order valence-corrected chi connectivity index (χ1v) is 7.28. The van der Waals surface area contributed by atoms with Gasteiger partial charge >= 0.3 is 5.97 Å². The average molecular weight is 252 g/mol. The third-order valence-electron chi connectivity index (χ3n) is 5.10. The molecule has 1 heterocycles. The molecule has 1 aliphatic heterocycles. The lowest BCUT2D eigenvalue weighted by atomic mass is 9.81. The van der Waals surface area contributed by atoms with Gasteiger partial charge in [0.1, 0.15) is 0 Å². The molecule has 2 aliphatic carbocycles. The van der Waals surface area contributed by atoms with Gasteiger partial charge < -0.3 is 10.0 Å². The van der Waals surface area contributed by atoms with Gasteiger partial charge in [-0.25, -0.2) is 0 Å². The molecule has 0 atom stereocenters. The molecule has 0 aromatic rings. The Balaban J connectivity index is 1.81. The highest BCUT2D eigenvalue weighted by Crippen LogP contribution is 2.56. The molecule has 18 heavy (non-hydrogen) atoms. The molecule has 0 amide bonds. The van der Waals surface area contributed by atoms with Crippen LogP contribution in [0, 0.1) is 11.8 Å². The van der Waals surface area contributed by atoms with E-state index in [1.165, 1.54) is 25.7 Å². The molecule has 4 nitrogen and oxygen atoms in total. The highest BCUT2D eigenvalue weighted by molar-refractivity contribution is 5.69. The molecule has 1 saturated heterocycles. The van der Waals surface area contributed by atoms with Crippen molar-refractivity contribution in [2.45, 2.75) is 37.6 Å². The predicted molar refractivity (Wildman–Crippen MR) is 69.5 cm³/mol. The lowest BCUT2D eigenvalue weighted by molar-refractivity contribution is -0.142. The van der Waals surface area contributed by atoms with Crippen molar-refractivity contribution >= 4 is 5.97 Å². The number of nitrogens with zero attached hydrogens (tertiary/aromatic N) is 2. The monoisotopic (exact) mass is 252 g/mol. The third-order valence-corrected chi connectivity index (χ3v) is 5.10. The second-order valence-electron chi connectivity index (χ2n) is 6.40. The van der Waals surface area contributed by atoms with Crippen LogP contribution < -0.4 is 0 Å². The molecule has 4 heteroatoms. The van der Waals surface area contributed by atoms with Crippen molar-refractivity contribution < 1.29 is 9.90 Å². The summed E-state index contributed by atoms with van der Waals surface area (Å²) >= 11 is 0. The minimum Gasteiger partial charge on any atom is -0.481 e. The Morgan fingerprint density at radius 3 is 2.00 bits per heavy atom. The zero-order valence-corrected chi connectivity index (χ0v) is 11.3. The number of carboxylic acid groups (broad SMARTS) is 1. The first kappa shape index (κ1) is 12.4. The van der Waals surface area contributed by atoms with E-state index in [-0.39, 0.29) is 5.54 Å². The molecule has 0 aromatic carbocycles. The highest BCUT2D eigenvalue weighted by atomic mass is 16.4. The fourth-order valence-corrected chi connectivity index (χ4v) is 3.88. The van der Waals surface area contributed by atoms with Crippen LogP contribution in [-0.4, -0.2) is 59.6 Å². The van der Waals surface area contributed by atoms with Gasteiger partial charge in [-0.15, -0.1) is 0 Å². The Morgan fingerprint density at radius 1 is 1.11 bits per heavy atom. The van der Waals surface area contributed by atoms with Gasteiger partial charge in [0.25, 0.3) is 0 Å². The predicted octanol–water partition coefficient (Wildman–Crippen LogP) is 1.27. The number of hydrogen-bond donors (Lipinski definition) is 1. The number of carboxylic acids is 1. The van der Waals surface area contributed by atoms with Crippen LogP contribution in [0.3, 0.4) is 0 Å². The normalized spacial score (nSPS) is 27.4. The molecule has 3 fully saturated rings. The highest BCUT2D eigenvalue weighted by Gasteiger charge is 2.58. The number of rotatable bonds is 5. The Hall–Kier alpha value is -0.610. The van der Waals surface area contributed by atoms with E-state index in [0.717, 1.165) is 26.2 Å². The van der Waals surface area contributed by atoms with E-state index in [1.807, 2.05) is 0 Å². The molecule has 3 rings (SSSR count). The molecule has 0 radical (unpaired) electrons.